The summed E-state index contributed by atoms with van der Waals surface area (Å²) in [6, 6.07) is 0. The van der Waals surface area contributed by atoms with Crippen LogP contribution in [0, 0.1) is 5.41 Å². The van der Waals surface area contributed by atoms with Gasteiger partial charge in [-0.15, -0.1) is 0 Å². The van der Waals surface area contributed by atoms with Crippen molar-refractivity contribution in [1.82, 2.24) is 0 Å². The lowest BCUT2D eigenvalue weighted by molar-refractivity contribution is -0.157. The van der Waals surface area contributed by atoms with E-state index in [1.54, 1.807) is 0 Å². The van der Waals surface area contributed by atoms with Gasteiger partial charge < -0.3 is 0 Å². The molecule has 2 nitrogen and oxygen atoms in total. The summed E-state index contributed by atoms with van der Waals surface area (Å²) in [4.78, 5) is 12.2. The Bertz CT molecular complexity index is 334. The van der Waals surface area contributed by atoms with Gasteiger partial charge in [-0.05, 0) is 19.3 Å². The molecule has 0 heterocycles. The Kier molecular flexibility index (Phi) is 20.4. The van der Waals surface area contributed by atoms with E-state index in [2.05, 4.69) is 20.8 Å². The Morgan fingerprint density at radius 1 is 0.448 bits per heavy atom. The van der Waals surface area contributed by atoms with Crippen LogP contribution in [0.15, 0.2) is 0 Å². The Hall–Kier alpha value is -0.530. The summed E-state index contributed by atoms with van der Waals surface area (Å²) in [6.45, 7) is 6.73. The predicted molar refractivity (Wildman–Crippen MR) is 127 cm³/mol. The molecule has 0 spiro atoms. The summed E-state index contributed by atoms with van der Waals surface area (Å²) in [5.74, 6) is -0.759. The fourth-order valence-corrected chi connectivity index (χ4v) is 4.59. The molecule has 0 aromatic rings. The van der Waals surface area contributed by atoms with E-state index < -0.39 is 11.4 Å². The van der Waals surface area contributed by atoms with Crippen LogP contribution in [0.2, 0.25) is 0 Å². The van der Waals surface area contributed by atoms with Gasteiger partial charge >= 0.3 is 5.97 Å². The van der Waals surface area contributed by atoms with E-state index in [0.717, 1.165) is 38.5 Å². The minimum absolute atomic E-state index is 0.557. The first-order chi connectivity index (χ1) is 14.1. The van der Waals surface area contributed by atoms with Gasteiger partial charge in [-0.3, -0.25) is 0 Å². The topological polar surface area (TPSA) is 37.0 Å². The van der Waals surface area contributed by atoms with E-state index in [1.807, 2.05) is 0 Å². The molecule has 0 amide bonds. The predicted octanol–water partition coefficient (Wildman–Crippen LogP) is 9.57. The molecule has 0 N–H and O–H groups in total. The molecule has 0 aliphatic rings. The van der Waals surface area contributed by atoms with Crippen LogP contribution < -0.4 is 0 Å². The monoisotopic (exact) mass is 409 g/mol. The second-order valence-corrected chi connectivity index (χ2v) is 9.47. The van der Waals surface area contributed by atoms with Crippen molar-refractivity contribution in [2.24, 2.45) is 5.41 Å². The summed E-state index contributed by atoms with van der Waals surface area (Å²) in [6.07, 6.45) is 26.0. The average Bonchev–Trinajstić information content (AvgIpc) is 2.71. The minimum Gasteiger partial charge on any atom is -0.247 e. The van der Waals surface area contributed by atoms with Gasteiger partial charge in [0.2, 0.25) is 0 Å². The van der Waals surface area contributed by atoms with Crippen molar-refractivity contribution in [2.45, 2.75) is 162 Å². The van der Waals surface area contributed by atoms with Crippen LogP contribution in [-0.4, -0.2) is 5.97 Å². The molecule has 0 rings (SSSR count). The summed E-state index contributed by atoms with van der Waals surface area (Å²) < 4.78 is 0. The maximum atomic E-state index is 12.2. The van der Waals surface area contributed by atoms with Crippen LogP contribution >= 0.6 is 0 Å². The van der Waals surface area contributed by atoms with Crippen molar-refractivity contribution in [3.05, 3.63) is 0 Å². The van der Waals surface area contributed by atoms with E-state index in [9.17, 15) is 9.90 Å². The third-order valence-corrected chi connectivity index (χ3v) is 6.71. The van der Waals surface area contributed by atoms with Crippen LogP contribution in [0.3, 0.4) is 0 Å². The van der Waals surface area contributed by atoms with Gasteiger partial charge in [-0.2, -0.15) is 0 Å². The summed E-state index contributed by atoms with van der Waals surface area (Å²) in [5.41, 5.74) is -0.557. The van der Waals surface area contributed by atoms with Crippen molar-refractivity contribution in [3.63, 3.8) is 0 Å². The third-order valence-electron chi connectivity index (χ3n) is 6.71. The van der Waals surface area contributed by atoms with E-state index in [0.29, 0.717) is 0 Å². The fraction of sp³-hybridized carbons (Fsp3) is 0.963. The quantitative estimate of drug-likeness (QED) is 0.155. The first-order valence-corrected chi connectivity index (χ1v) is 13.3. The Morgan fingerprint density at radius 2 is 0.690 bits per heavy atom. The zero-order chi connectivity index (χ0) is 21.6. The molecular formula is C27H53O2. The van der Waals surface area contributed by atoms with Gasteiger partial charge in [0.05, 0.1) is 5.41 Å². The second-order valence-electron chi connectivity index (χ2n) is 9.47. The minimum atomic E-state index is -0.759. The molecule has 0 fully saturated rings. The number of hydrogen-bond donors (Lipinski definition) is 0. The van der Waals surface area contributed by atoms with Crippen LogP contribution in [-0.2, 0) is 9.90 Å². The second kappa shape index (κ2) is 20.7. The first kappa shape index (κ1) is 28.5. The lowest BCUT2D eigenvalue weighted by Gasteiger charge is -2.29. The van der Waals surface area contributed by atoms with Gasteiger partial charge in [0, 0.05) is 0 Å². The maximum Gasteiger partial charge on any atom is 0.361 e. The molecule has 0 atom stereocenters. The molecule has 29 heavy (non-hydrogen) atoms. The lowest BCUT2D eigenvalue weighted by Crippen LogP contribution is -2.30. The van der Waals surface area contributed by atoms with Gasteiger partial charge in [0.25, 0.3) is 0 Å². The third kappa shape index (κ3) is 15.9. The van der Waals surface area contributed by atoms with E-state index in [1.165, 1.54) is 103 Å². The highest BCUT2D eigenvalue weighted by Crippen LogP contribution is 2.38. The van der Waals surface area contributed by atoms with Gasteiger partial charge in [-0.25, -0.2) is 9.90 Å². The Morgan fingerprint density at radius 3 is 0.931 bits per heavy atom. The highest BCUT2D eigenvalue weighted by molar-refractivity contribution is 5.74. The molecule has 1 radical (unpaired) electrons. The molecule has 2 heteroatoms. The first-order valence-electron chi connectivity index (χ1n) is 13.3. The molecule has 0 aromatic carbocycles. The van der Waals surface area contributed by atoms with Crippen molar-refractivity contribution >= 4 is 5.97 Å². The average molecular weight is 410 g/mol. The molecule has 0 aliphatic heterocycles. The van der Waals surface area contributed by atoms with Crippen LogP contribution in [0.1, 0.15) is 162 Å². The standard InChI is InChI=1S/C27H53O2/c1-4-7-10-13-16-19-22-25-27(26(28)29,23-20-17-14-11-8-5-2)24-21-18-15-12-9-6-3/h4-25H2,1-3H3. The molecule has 0 aromatic heterocycles. The smallest absolute Gasteiger partial charge is 0.247 e. The van der Waals surface area contributed by atoms with Gasteiger partial charge in [0.1, 0.15) is 0 Å². The van der Waals surface area contributed by atoms with Crippen molar-refractivity contribution < 1.29 is 9.90 Å². The van der Waals surface area contributed by atoms with E-state index in [-0.39, 0.29) is 0 Å². The highest BCUT2D eigenvalue weighted by Gasteiger charge is 2.38. The van der Waals surface area contributed by atoms with E-state index in [4.69, 9.17) is 0 Å². The SMILES string of the molecule is CCCCCCCCCC(CCCCCCCC)(CCCCCCCC)C([O])=O. The van der Waals surface area contributed by atoms with Crippen molar-refractivity contribution in [2.75, 3.05) is 0 Å². The van der Waals surface area contributed by atoms with Crippen molar-refractivity contribution in [3.8, 4) is 0 Å². The zero-order valence-corrected chi connectivity index (χ0v) is 20.4. The molecule has 0 saturated heterocycles. The largest absolute Gasteiger partial charge is 0.361 e. The van der Waals surface area contributed by atoms with Crippen molar-refractivity contribution in [1.29, 1.82) is 0 Å². The Labute approximate surface area is 183 Å². The lowest BCUT2D eigenvalue weighted by atomic mass is 9.74. The number of carbonyl (C=O) groups is 1. The number of carbonyl (C=O) groups excluding carboxylic acids is 1. The van der Waals surface area contributed by atoms with E-state index >= 15 is 0 Å². The molecule has 0 saturated carbocycles. The number of hydrogen-bond acceptors (Lipinski definition) is 1. The van der Waals surface area contributed by atoms with Gasteiger partial charge in [-0.1, -0.05) is 143 Å². The summed E-state index contributed by atoms with van der Waals surface area (Å²) in [7, 11) is 0. The van der Waals surface area contributed by atoms with Gasteiger partial charge in [0.15, 0.2) is 0 Å². The molecule has 0 aliphatic carbocycles. The Balaban J connectivity index is 4.46. The highest BCUT2D eigenvalue weighted by atomic mass is 16.4. The molecule has 0 unspecified atom stereocenters. The zero-order valence-electron chi connectivity index (χ0n) is 20.4. The molecule has 173 valence electrons. The van der Waals surface area contributed by atoms with Crippen LogP contribution in [0.25, 0.3) is 0 Å². The number of rotatable bonds is 23. The molecular weight excluding hydrogens is 356 g/mol. The normalized spacial score (nSPS) is 11.8. The fourth-order valence-electron chi connectivity index (χ4n) is 4.59. The summed E-state index contributed by atoms with van der Waals surface area (Å²) in [5, 5.41) is 12.2. The summed E-state index contributed by atoms with van der Waals surface area (Å²) >= 11 is 0. The van der Waals surface area contributed by atoms with Crippen LogP contribution in [0.4, 0.5) is 0 Å². The van der Waals surface area contributed by atoms with Crippen LogP contribution in [0.5, 0.6) is 0 Å². The molecule has 0 bridgehead atoms. The number of unbranched alkanes of at least 4 members (excludes halogenated alkanes) is 16. The maximum absolute atomic E-state index is 12.2.